The topological polar surface area (TPSA) is 99.5 Å². The number of hydrogen-bond donors (Lipinski definition) is 1. The van der Waals surface area contributed by atoms with Gasteiger partial charge in [-0.15, -0.1) is 0 Å². The summed E-state index contributed by atoms with van der Waals surface area (Å²) in [5.41, 5.74) is 3.10. The average molecular weight is 854 g/mol. The van der Waals surface area contributed by atoms with E-state index >= 15 is 0 Å². The average Bonchev–Trinajstić information content (AvgIpc) is 3.90. The van der Waals surface area contributed by atoms with E-state index in [1.807, 2.05) is 30.7 Å². The fourth-order valence-electron chi connectivity index (χ4n) is 9.67. The number of carbonyl (C=O) groups excluding carboxylic acids is 2. The van der Waals surface area contributed by atoms with E-state index < -0.39 is 29.8 Å². The first-order valence-electron chi connectivity index (χ1n) is 20.8. The van der Waals surface area contributed by atoms with E-state index in [1.165, 1.54) is 0 Å². The summed E-state index contributed by atoms with van der Waals surface area (Å²) in [7, 11) is 0. The van der Waals surface area contributed by atoms with Crippen molar-refractivity contribution in [1.82, 2.24) is 34.9 Å². The number of fused-ring (bicyclic) bond motifs is 1. The highest BCUT2D eigenvalue weighted by Gasteiger charge is 2.45. The standard InChI is InChI=1S/C28H34Cl2F2N6O.C14H24F2N2O/c1-16-15-36(11-9-24(16)37-10-5-6-21(37)13-28(31,32)19(4)39)25-14-33-26-17(2)35-38(27(26)34-25)18(3)22-8-7-20(29)12-23(22)30;1-10-9-17-6-5-13(10)18-7-3-4-12(18)8-14(15,16)11(2)19/h7-8,12,14,16,18,21,24H,5-6,9-11,13,15H2,1-4H3;10,12-13,17H,3-9H2,1-2H3/t16?,18-,21+,24?;10?,12-,13?/m10/s1. The van der Waals surface area contributed by atoms with Gasteiger partial charge in [0, 0.05) is 74.0 Å². The Bertz CT molecular complexity index is 1930. The van der Waals surface area contributed by atoms with Gasteiger partial charge in [0.05, 0.1) is 17.9 Å². The van der Waals surface area contributed by atoms with Crippen LogP contribution in [0.25, 0.3) is 11.2 Å². The SMILES string of the molecule is CC(=O)C(F)(F)C[C@@H]1CCCN1C1CCN(c2cnc3c(C)nn([C@H](C)c4ccc(Cl)cc4Cl)c3n2)CC1C.CC(=O)C(F)(F)C[C@@H]1CCCN1C1CCNCC1C. The molecule has 4 aliphatic heterocycles. The normalized spacial score (nSPS) is 26.8. The molecule has 320 valence electrons. The molecule has 58 heavy (non-hydrogen) atoms. The number of alkyl halides is 4. The molecule has 0 bridgehead atoms. The number of ketones is 2. The van der Waals surface area contributed by atoms with E-state index in [4.69, 9.17) is 38.3 Å². The van der Waals surface area contributed by atoms with Crippen LogP contribution in [-0.2, 0) is 9.59 Å². The monoisotopic (exact) mass is 852 g/mol. The van der Waals surface area contributed by atoms with Crippen LogP contribution in [0.5, 0.6) is 0 Å². The molecule has 0 amide bonds. The second kappa shape index (κ2) is 18.4. The Morgan fingerprint density at radius 1 is 0.897 bits per heavy atom. The van der Waals surface area contributed by atoms with E-state index in [2.05, 4.69) is 33.9 Å². The third-order valence-corrected chi connectivity index (χ3v) is 13.5. The number of benzene rings is 1. The van der Waals surface area contributed by atoms with Crippen LogP contribution in [0.4, 0.5) is 23.4 Å². The number of hydrogen-bond acceptors (Lipinski definition) is 9. The highest BCUT2D eigenvalue weighted by Crippen LogP contribution is 2.37. The van der Waals surface area contributed by atoms with Gasteiger partial charge in [-0.3, -0.25) is 19.4 Å². The van der Waals surface area contributed by atoms with Gasteiger partial charge in [0.2, 0.25) is 0 Å². The second-order valence-electron chi connectivity index (χ2n) is 17.1. The summed E-state index contributed by atoms with van der Waals surface area (Å²) in [6.45, 7) is 15.3. The summed E-state index contributed by atoms with van der Waals surface area (Å²) in [6.07, 6.45) is 6.29. The van der Waals surface area contributed by atoms with Crippen molar-refractivity contribution in [2.24, 2.45) is 11.8 Å². The summed E-state index contributed by atoms with van der Waals surface area (Å²) < 4.78 is 57.7. The summed E-state index contributed by atoms with van der Waals surface area (Å²) >= 11 is 12.6. The number of anilines is 1. The van der Waals surface area contributed by atoms with E-state index in [0.717, 1.165) is 108 Å². The highest BCUT2D eigenvalue weighted by atomic mass is 35.5. The minimum absolute atomic E-state index is 0.135. The Morgan fingerprint density at radius 3 is 2.05 bits per heavy atom. The molecule has 0 saturated carbocycles. The second-order valence-corrected chi connectivity index (χ2v) is 17.9. The fraction of sp³-hybridized carbons (Fsp3) is 0.690. The summed E-state index contributed by atoms with van der Waals surface area (Å²) in [5, 5.41) is 9.22. The van der Waals surface area contributed by atoms with Crippen molar-refractivity contribution in [2.75, 3.05) is 44.2 Å². The number of aromatic nitrogens is 4. The van der Waals surface area contributed by atoms with Gasteiger partial charge in [-0.1, -0.05) is 43.1 Å². The number of halogens is 6. The predicted molar refractivity (Wildman–Crippen MR) is 221 cm³/mol. The van der Waals surface area contributed by atoms with Crippen LogP contribution in [0.3, 0.4) is 0 Å². The van der Waals surface area contributed by atoms with Gasteiger partial charge in [0.15, 0.2) is 17.2 Å². The van der Waals surface area contributed by atoms with Crippen molar-refractivity contribution in [3.05, 3.63) is 45.7 Å². The number of likely N-dealkylation sites (tertiary alicyclic amines) is 2. The van der Waals surface area contributed by atoms with Crippen LogP contribution in [0, 0.1) is 18.8 Å². The van der Waals surface area contributed by atoms with Crippen molar-refractivity contribution in [1.29, 1.82) is 0 Å². The van der Waals surface area contributed by atoms with Crippen molar-refractivity contribution in [2.45, 2.75) is 135 Å². The summed E-state index contributed by atoms with van der Waals surface area (Å²) in [5.74, 6) is -6.99. The van der Waals surface area contributed by atoms with Gasteiger partial charge in [-0.25, -0.2) is 14.6 Å². The maximum Gasteiger partial charge on any atom is 0.306 e. The maximum absolute atomic E-state index is 14.3. The molecule has 1 N–H and O–H groups in total. The Labute approximate surface area is 349 Å². The summed E-state index contributed by atoms with van der Waals surface area (Å²) in [4.78, 5) is 38.9. The van der Waals surface area contributed by atoms with Gasteiger partial charge in [-0.2, -0.15) is 22.7 Å². The molecule has 7 rings (SSSR count). The Balaban J connectivity index is 0.000000250. The predicted octanol–water partition coefficient (Wildman–Crippen LogP) is 8.41. The lowest BCUT2D eigenvalue weighted by atomic mass is 9.91. The van der Waals surface area contributed by atoms with Gasteiger partial charge in [0.25, 0.3) is 0 Å². The first kappa shape index (κ1) is 44.6. The molecule has 2 aromatic heterocycles. The van der Waals surface area contributed by atoms with E-state index in [0.29, 0.717) is 34.1 Å². The number of Topliss-reactive ketones (excluding diaryl/α,β-unsaturated/α-hetero) is 2. The fourth-order valence-corrected chi connectivity index (χ4v) is 10.2. The zero-order valence-electron chi connectivity index (χ0n) is 34.5. The molecule has 7 atom stereocenters. The molecule has 16 heteroatoms. The lowest BCUT2D eigenvalue weighted by Crippen LogP contribution is -2.53. The smallest absolute Gasteiger partial charge is 0.306 e. The first-order chi connectivity index (χ1) is 27.4. The molecule has 4 aliphatic rings. The molecule has 4 saturated heterocycles. The zero-order valence-corrected chi connectivity index (χ0v) is 36.0. The van der Waals surface area contributed by atoms with Crippen LogP contribution in [0.1, 0.15) is 103 Å². The third kappa shape index (κ3) is 9.82. The molecular weight excluding hydrogens is 795 g/mol. The minimum atomic E-state index is -3.27. The molecule has 0 aliphatic carbocycles. The molecule has 0 spiro atoms. The van der Waals surface area contributed by atoms with Crippen molar-refractivity contribution >= 4 is 51.8 Å². The van der Waals surface area contributed by atoms with Crippen molar-refractivity contribution in [3.63, 3.8) is 0 Å². The van der Waals surface area contributed by atoms with Crippen molar-refractivity contribution < 1.29 is 27.2 Å². The van der Waals surface area contributed by atoms with Gasteiger partial charge in [0.1, 0.15) is 11.3 Å². The lowest BCUT2D eigenvalue weighted by molar-refractivity contribution is -0.144. The van der Waals surface area contributed by atoms with E-state index in [9.17, 15) is 27.2 Å². The van der Waals surface area contributed by atoms with Crippen LogP contribution < -0.4 is 10.2 Å². The zero-order chi connectivity index (χ0) is 42.1. The first-order valence-corrected chi connectivity index (χ1v) is 21.5. The van der Waals surface area contributed by atoms with Crippen LogP contribution in [0.15, 0.2) is 24.4 Å². The Kier molecular flexibility index (Phi) is 14.1. The van der Waals surface area contributed by atoms with Crippen LogP contribution in [0.2, 0.25) is 10.0 Å². The number of aryl methyl sites for hydroxylation is 1. The molecule has 1 aromatic carbocycles. The molecule has 0 radical (unpaired) electrons. The number of carbonyl (C=O) groups is 2. The number of nitrogens with one attached hydrogen (secondary N) is 1. The molecule has 3 aromatic rings. The van der Waals surface area contributed by atoms with E-state index in [1.54, 1.807) is 12.3 Å². The number of rotatable bonds is 11. The third-order valence-electron chi connectivity index (χ3n) is 13.0. The summed E-state index contributed by atoms with van der Waals surface area (Å²) in [6, 6.07) is 5.43. The molecule has 4 unspecified atom stereocenters. The Hall–Kier alpha value is -2.91. The molecule has 6 heterocycles. The molecule has 10 nitrogen and oxygen atoms in total. The maximum atomic E-state index is 14.3. The van der Waals surface area contributed by atoms with Gasteiger partial charge >= 0.3 is 11.8 Å². The van der Waals surface area contributed by atoms with Gasteiger partial charge < -0.3 is 10.2 Å². The van der Waals surface area contributed by atoms with Gasteiger partial charge in [-0.05, 0) is 108 Å². The number of piperidine rings is 2. The Morgan fingerprint density at radius 2 is 1.50 bits per heavy atom. The quantitative estimate of drug-likeness (QED) is 0.191. The number of nitrogens with zero attached hydrogens (tertiary/aromatic N) is 7. The van der Waals surface area contributed by atoms with Crippen LogP contribution >= 0.6 is 23.2 Å². The molecular formula is C42H58Cl2F4N8O2. The lowest BCUT2D eigenvalue weighted by Gasteiger charge is -2.44. The van der Waals surface area contributed by atoms with E-state index in [-0.39, 0.29) is 36.5 Å². The van der Waals surface area contributed by atoms with Crippen molar-refractivity contribution in [3.8, 4) is 0 Å². The highest BCUT2D eigenvalue weighted by molar-refractivity contribution is 6.35. The molecule has 4 fully saturated rings. The largest absolute Gasteiger partial charge is 0.355 e. The van der Waals surface area contributed by atoms with Crippen LogP contribution in [-0.4, -0.2) is 116 Å². The minimum Gasteiger partial charge on any atom is -0.355 e.